The maximum absolute atomic E-state index is 11.8. The average molecular weight is 280 g/mol. The van der Waals surface area contributed by atoms with Crippen LogP contribution in [0.5, 0.6) is 0 Å². The quantitative estimate of drug-likeness (QED) is 0.587. The SMILES string of the molecule is CCCc1c(Cl)ncnc1NCCOCC(F)F. The van der Waals surface area contributed by atoms with Crippen molar-refractivity contribution in [1.82, 2.24) is 9.97 Å². The van der Waals surface area contributed by atoms with Crippen molar-refractivity contribution in [2.24, 2.45) is 0 Å². The van der Waals surface area contributed by atoms with Crippen LogP contribution in [-0.4, -0.2) is 36.2 Å². The van der Waals surface area contributed by atoms with Crippen molar-refractivity contribution >= 4 is 17.4 Å². The van der Waals surface area contributed by atoms with Gasteiger partial charge in [-0.1, -0.05) is 24.9 Å². The van der Waals surface area contributed by atoms with Crippen LogP contribution in [0.2, 0.25) is 5.15 Å². The van der Waals surface area contributed by atoms with E-state index in [9.17, 15) is 8.78 Å². The monoisotopic (exact) mass is 279 g/mol. The first-order valence-corrected chi connectivity index (χ1v) is 6.12. The van der Waals surface area contributed by atoms with Crippen LogP contribution in [0.15, 0.2) is 6.33 Å². The molecule has 0 aliphatic rings. The summed E-state index contributed by atoms with van der Waals surface area (Å²) in [5, 5.41) is 3.43. The normalized spacial score (nSPS) is 10.9. The lowest BCUT2D eigenvalue weighted by Gasteiger charge is -2.11. The minimum atomic E-state index is -2.44. The molecule has 1 rings (SSSR count). The van der Waals surface area contributed by atoms with Crippen molar-refractivity contribution < 1.29 is 13.5 Å². The first-order chi connectivity index (χ1) is 8.65. The summed E-state index contributed by atoms with van der Waals surface area (Å²) in [5.74, 6) is 0.637. The van der Waals surface area contributed by atoms with Gasteiger partial charge in [-0.2, -0.15) is 0 Å². The Morgan fingerprint density at radius 2 is 2.22 bits per heavy atom. The average Bonchev–Trinajstić information content (AvgIpc) is 2.32. The van der Waals surface area contributed by atoms with Gasteiger partial charge in [-0.05, 0) is 6.42 Å². The van der Waals surface area contributed by atoms with E-state index >= 15 is 0 Å². The molecule has 0 aliphatic carbocycles. The lowest BCUT2D eigenvalue weighted by Crippen LogP contribution is -2.15. The Morgan fingerprint density at radius 3 is 2.89 bits per heavy atom. The third-order valence-electron chi connectivity index (χ3n) is 2.18. The zero-order valence-corrected chi connectivity index (χ0v) is 10.9. The van der Waals surface area contributed by atoms with Gasteiger partial charge in [0, 0.05) is 12.1 Å². The molecule has 0 bridgehead atoms. The molecule has 0 atom stereocenters. The van der Waals surface area contributed by atoms with Crippen molar-refractivity contribution in [3.63, 3.8) is 0 Å². The summed E-state index contributed by atoms with van der Waals surface area (Å²) in [4.78, 5) is 7.99. The van der Waals surface area contributed by atoms with E-state index in [0.717, 1.165) is 18.4 Å². The number of hydrogen-bond donors (Lipinski definition) is 1. The predicted molar refractivity (Wildman–Crippen MR) is 66.3 cm³/mol. The summed E-state index contributed by atoms with van der Waals surface area (Å²) in [7, 11) is 0. The van der Waals surface area contributed by atoms with E-state index in [0.29, 0.717) is 17.5 Å². The van der Waals surface area contributed by atoms with E-state index in [2.05, 4.69) is 15.3 Å². The highest BCUT2D eigenvalue weighted by Gasteiger charge is 2.08. The standard InChI is InChI=1S/C11H16ClF2N3O/c1-2-3-8-10(12)16-7-17-11(8)15-4-5-18-6-9(13)14/h7,9H,2-6H2,1H3,(H,15,16,17). The Labute approximate surface area is 110 Å². The number of nitrogens with zero attached hydrogens (tertiary/aromatic N) is 2. The van der Waals surface area contributed by atoms with Crippen LogP contribution in [0.3, 0.4) is 0 Å². The van der Waals surface area contributed by atoms with Crippen LogP contribution >= 0.6 is 11.6 Å². The first kappa shape index (κ1) is 15.0. The number of halogens is 3. The number of rotatable bonds is 8. The van der Waals surface area contributed by atoms with Crippen LogP contribution in [0.25, 0.3) is 0 Å². The van der Waals surface area contributed by atoms with E-state index in [1.807, 2.05) is 6.92 Å². The van der Waals surface area contributed by atoms with E-state index in [1.54, 1.807) is 0 Å². The van der Waals surface area contributed by atoms with Crippen molar-refractivity contribution in [1.29, 1.82) is 0 Å². The van der Waals surface area contributed by atoms with Gasteiger partial charge in [-0.3, -0.25) is 0 Å². The molecule has 0 radical (unpaired) electrons. The van der Waals surface area contributed by atoms with Gasteiger partial charge in [-0.15, -0.1) is 0 Å². The van der Waals surface area contributed by atoms with Crippen LogP contribution in [-0.2, 0) is 11.2 Å². The van der Waals surface area contributed by atoms with Gasteiger partial charge < -0.3 is 10.1 Å². The van der Waals surface area contributed by atoms with E-state index in [1.165, 1.54) is 6.33 Å². The fourth-order valence-corrected chi connectivity index (χ4v) is 1.66. The largest absolute Gasteiger partial charge is 0.374 e. The van der Waals surface area contributed by atoms with E-state index in [-0.39, 0.29) is 6.61 Å². The molecular formula is C11H16ClF2N3O. The van der Waals surface area contributed by atoms with Gasteiger partial charge in [0.05, 0.1) is 6.61 Å². The molecule has 7 heteroatoms. The van der Waals surface area contributed by atoms with Gasteiger partial charge in [0.2, 0.25) is 0 Å². The molecule has 0 fully saturated rings. The first-order valence-electron chi connectivity index (χ1n) is 5.74. The number of aromatic nitrogens is 2. The maximum atomic E-state index is 11.8. The van der Waals surface area contributed by atoms with Gasteiger partial charge in [-0.25, -0.2) is 18.7 Å². The van der Waals surface area contributed by atoms with Crippen LogP contribution in [0.4, 0.5) is 14.6 Å². The van der Waals surface area contributed by atoms with Crippen LogP contribution in [0.1, 0.15) is 18.9 Å². The molecule has 1 N–H and O–H groups in total. The Balaban J connectivity index is 2.44. The van der Waals surface area contributed by atoms with E-state index in [4.69, 9.17) is 16.3 Å². The highest BCUT2D eigenvalue weighted by atomic mass is 35.5. The summed E-state index contributed by atoms with van der Waals surface area (Å²) >= 11 is 5.97. The number of hydrogen-bond acceptors (Lipinski definition) is 4. The lowest BCUT2D eigenvalue weighted by atomic mass is 10.2. The van der Waals surface area contributed by atoms with Crippen LogP contribution < -0.4 is 5.32 Å². The third-order valence-corrected chi connectivity index (χ3v) is 2.50. The molecule has 0 saturated carbocycles. The Morgan fingerprint density at radius 1 is 1.44 bits per heavy atom. The highest BCUT2D eigenvalue weighted by Crippen LogP contribution is 2.21. The number of alkyl halides is 2. The molecule has 1 heterocycles. The lowest BCUT2D eigenvalue weighted by molar-refractivity contribution is 0.0214. The highest BCUT2D eigenvalue weighted by molar-refractivity contribution is 6.30. The minimum Gasteiger partial charge on any atom is -0.374 e. The molecule has 0 amide bonds. The fourth-order valence-electron chi connectivity index (χ4n) is 1.43. The van der Waals surface area contributed by atoms with Crippen LogP contribution in [0, 0.1) is 0 Å². The predicted octanol–water partition coefficient (Wildman–Crippen LogP) is 2.78. The second-order valence-electron chi connectivity index (χ2n) is 3.63. The fraction of sp³-hybridized carbons (Fsp3) is 0.636. The molecule has 4 nitrogen and oxygen atoms in total. The topological polar surface area (TPSA) is 47.0 Å². The van der Waals surface area contributed by atoms with Crippen molar-refractivity contribution in [2.45, 2.75) is 26.2 Å². The molecule has 1 aromatic heterocycles. The minimum absolute atomic E-state index is 0.192. The molecule has 1 aromatic rings. The molecule has 0 aliphatic heterocycles. The molecule has 0 aromatic carbocycles. The smallest absolute Gasteiger partial charge is 0.261 e. The maximum Gasteiger partial charge on any atom is 0.261 e. The molecule has 0 unspecified atom stereocenters. The zero-order chi connectivity index (χ0) is 13.4. The van der Waals surface area contributed by atoms with Gasteiger partial charge in [0.25, 0.3) is 6.43 Å². The molecule has 0 saturated heterocycles. The van der Waals surface area contributed by atoms with E-state index < -0.39 is 13.0 Å². The second-order valence-corrected chi connectivity index (χ2v) is 3.99. The number of anilines is 1. The second kappa shape index (κ2) is 8.16. The number of nitrogens with one attached hydrogen (secondary N) is 1. The van der Waals surface area contributed by atoms with Crippen molar-refractivity contribution in [3.8, 4) is 0 Å². The van der Waals surface area contributed by atoms with Gasteiger partial charge in [0.1, 0.15) is 23.9 Å². The molecular weight excluding hydrogens is 264 g/mol. The number of ether oxygens (including phenoxy) is 1. The Bertz CT molecular complexity index is 366. The summed E-state index contributed by atoms with van der Waals surface area (Å²) in [6.07, 6.45) is 0.613. The summed E-state index contributed by atoms with van der Waals surface area (Å²) in [5.41, 5.74) is 0.843. The summed E-state index contributed by atoms with van der Waals surface area (Å²) in [6, 6.07) is 0. The Kier molecular flexibility index (Phi) is 6.82. The molecule has 18 heavy (non-hydrogen) atoms. The van der Waals surface area contributed by atoms with Crippen molar-refractivity contribution in [3.05, 3.63) is 17.0 Å². The molecule has 102 valence electrons. The molecule has 0 spiro atoms. The summed E-state index contributed by atoms with van der Waals surface area (Å²) in [6.45, 7) is 2.07. The zero-order valence-electron chi connectivity index (χ0n) is 10.1. The van der Waals surface area contributed by atoms with Gasteiger partial charge in [0.15, 0.2) is 0 Å². The Hall–Kier alpha value is -1.01. The van der Waals surface area contributed by atoms with Crippen molar-refractivity contribution in [2.75, 3.05) is 25.1 Å². The third kappa shape index (κ3) is 5.10. The van der Waals surface area contributed by atoms with Gasteiger partial charge >= 0.3 is 0 Å². The summed E-state index contributed by atoms with van der Waals surface area (Å²) < 4.78 is 28.4.